The second-order valence-electron chi connectivity index (χ2n) is 24.6. The van der Waals surface area contributed by atoms with Gasteiger partial charge in [-0.25, -0.2) is 4.98 Å². The van der Waals surface area contributed by atoms with Crippen LogP contribution in [0.5, 0.6) is 17.2 Å². The van der Waals surface area contributed by atoms with Crippen LogP contribution in [0.4, 0.5) is 0 Å². The minimum atomic E-state index is -0.0985. The molecule has 1 aromatic heterocycles. The van der Waals surface area contributed by atoms with Gasteiger partial charge in [0.1, 0.15) is 17.2 Å². The van der Waals surface area contributed by atoms with E-state index in [-0.39, 0.29) is 62.4 Å². The third-order valence-electron chi connectivity index (χ3n) is 17.7. The molecule has 0 radical (unpaired) electrons. The van der Waals surface area contributed by atoms with Crippen LogP contribution in [-0.4, -0.2) is 22.3 Å². The van der Waals surface area contributed by atoms with E-state index in [1.807, 2.05) is 0 Å². The zero-order chi connectivity index (χ0) is 44.7. The smallest absolute Gasteiger partial charge is 0.127 e. The Balaban J connectivity index is 0.00000203. The zero-order valence-corrected chi connectivity index (χ0v) is 46.2. The Labute approximate surface area is 423 Å². The largest absolute Gasteiger partial charge is 0.507 e. The van der Waals surface area contributed by atoms with Crippen LogP contribution in [0.1, 0.15) is 152 Å². The number of hydrogen-bond acceptors (Lipinski definition) is 4. The molecule has 8 aliphatic rings. The van der Waals surface area contributed by atoms with E-state index in [0.29, 0.717) is 11.5 Å². The van der Waals surface area contributed by atoms with E-state index >= 15 is 0 Å². The maximum Gasteiger partial charge on any atom is 0.127 e. The number of pyridine rings is 1. The van der Waals surface area contributed by atoms with Crippen molar-refractivity contribution >= 4 is 0 Å². The van der Waals surface area contributed by atoms with Gasteiger partial charge in [0.25, 0.3) is 0 Å². The van der Waals surface area contributed by atoms with Gasteiger partial charge in [-0.1, -0.05) is 89.1 Å². The predicted molar refractivity (Wildman–Crippen MR) is 275 cm³/mol. The topological polar surface area (TPSA) is 62.6 Å². The van der Waals surface area contributed by atoms with Crippen molar-refractivity contribution in [2.24, 2.45) is 35.5 Å². The van der Waals surface area contributed by atoms with Crippen LogP contribution in [0.2, 0.25) is 0 Å². The Kier molecular flexibility index (Phi) is 13.1. The number of aromatic hydroxyl groups is 2. The third-order valence-corrected chi connectivity index (χ3v) is 17.7. The number of aromatic nitrogens is 1. The average molecular weight is 1060 g/mol. The van der Waals surface area contributed by atoms with Crippen molar-refractivity contribution in [1.82, 2.24) is 4.98 Å². The average Bonchev–Trinajstić information content (AvgIpc) is 3.22. The third kappa shape index (κ3) is 8.60. The minimum absolute atomic E-state index is 0. The number of phenols is 2. The molecule has 2 N–H and O–H groups in total. The molecule has 67 heavy (non-hydrogen) atoms. The fraction of sp³-hybridized carbons (Fsp3) is 0.500. The first-order valence-electron chi connectivity index (χ1n) is 24.9. The van der Waals surface area contributed by atoms with Gasteiger partial charge in [0.05, 0.1) is 18.5 Å². The summed E-state index contributed by atoms with van der Waals surface area (Å²) in [6, 6.07) is 26.7. The number of aryl methyl sites for hydroxylation is 2. The van der Waals surface area contributed by atoms with Crippen LogP contribution in [0.15, 0.2) is 72.8 Å². The van der Waals surface area contributed by atoms with E-state index in [9.17, 15) is 10.2 Å². The molecule has 5 heteroatoms. The number of phenolic OH excluding ortho intramolecular Hbond substituents is 2. The van der Waals surface area contributed by atoms with Gasteiger partial charge in [0, 0.05) is 71.4 Å². The van der Waals surface area contributed by atoms with Crippen LogP contribution < -0.4 is 4.74 Å². The molecule has 0 spiro atoms. The normalized spacial score (nSPS) is 27.8. The van der Waals surface area contributed by atoms with Crippen molar-refractivity contribution in [3.05, 3.63) is 121 Å². The molecule has 0 saturated heterocycles. The molecule has 0 unspecified atom stereocenters. The molecule has 0 atom stereocenters. The van der Waals surface area contributed by atoms with Gasteiger partial charge in [0.2, 0.25) is 0 Å². The maximum atomic E-state index is 12.8. The monoisotopic (exact) mass is 1060 g/mol. The Morgan fingerprint density at radius 1 is 0.478 bits per heavy atom. The minimum Gasteiger partial charge on any atom is -0.507 e. The van der Waals surface area contributed by atoms with Crippen molar-refractivity contribution in [1.29, 1.82) is 0 Å². The van der Waals surface area contributed by atoms with Crippen molar-refractivity contribution in [3.63, 3.8) is 0 Å². The molecule has 354 valence electrons. The van der Waals surface area contributed by atoms with Crippen LogP contribution >= 0.6 is 0 Å². The maximum absolute atomic E-state index is 12.8. The van der Waals surface area contributed by atoms with Crippen LogP contribution in [0.25, 0.3) is 44.8 Å². The van der Waals surface area contributed by atoms with E-state index in [0.717, 1.165) is 97.2 Å². The Bertz CT molecular complexity index is 2440. The molecule has 0 amide bonds. The number of ether oxygens (including phenoxy) is 1. The van der Waals surface area contributed by atoms with E-state index in [1.165, 1.54) is 99.3 Å². The zero-order valence-electron chi connectivity index (χ0n) is 42.6. The summed E-state index contributed by atoms with van der Waals surface area (Å²) in [7, 11) is 1.74. The number of nitrogens with zero attached hydrogens (tertiary/aromatic N) is 1. The van der Waals surface area contributed by atoms with Gasteiger partial charge in [-0.3, -0.25) is 0 Å². The molecule has 8 saturated carbocycles. The van der Waals surface area contributed by atoms with E-state index in [1.54, 1.807) is 7.11 Å². The van der Waals surface area contributed by atoms with Gasteiger partial charge in [0.15, 0.2) is 0 Å². The summed E-state index contributed by atoms with van der Waals surface area (Å²) < 4.78 is 6.14. The molecule has 8 fully saturated rings. The van der Waals surface area contributed by atoms with Gasteiger partial charge in [-0.15, -0.1) is 0 Å². The summed E-state index contributed by atoms with van der Waals surface area (Å²) in [6.45, 7) is 18.1. The van der Waals surface area contributed by atoms with E-state index in [2.05, 4.69) is 128 Å². The first kappa shape index (κ1) is 49.7. The molecule has 8 aliphatic carbocycles. The van der Waals surface area contributed by atoms with Gasteiger partial charge < -0.3 is 29.8 Å². The fourth-order valence-electron chi connectivity index (χ4n) is 15.3. The molecule has 5 aromatic rings. The summed E-state index contributed by atoms with van der Waals surface area (Å²) in [5, 5.41) is 25.6. The SMILES string of the molecule is COc1cc(-c2cc(C)ccc2-c2cc(C(C)(C)C)cc(C34CC5CC(CC(C5)C3)C4)c2O)nc(-c2cc(C)ccc2-c2cc(C(C)(C)C)cc(C34CC5CC(CC(C5)C3)C4)c2O)c1.[CH3-].[CH3-].[Hf]. The van der Waals surface area contributed by atoms with E-state index < -0.39 is 0 Å². The molecule has 0 aliphatic heterocycles. The van der Waals surface area contributed by atoms with Crippen molar-refractivity contribution < 1.29 is 40.8 Å². The number of hydrogen-bond donors (Lipinski definition) is 2. The van der Waals surface area contributed by atoms with Crippen LogP contribution in [0.3, 0.4) is 0 Å². The first-order valence-corrected chi connectivity index (χ1v) is 24.9. The first-order chi connectivity index (χ1) is 30.4. The number of methoxy groups -OCH3 is 1. The number of rotatable bonds is 7. The molecule has 4 aromatic carbocycles. The molecule has 4 nitrogen and oxygen atoms in total. The summed E-state index contributed by atoms with van der Waals surface area (Å²) in [5.74, 6) is 6.27. The van der Waals surface area contributed by atoms with Crippen molar-refractivity contribution in [2.75, 3.05) is 7.11 Å². The molecule has 8 bridgehead atoms. The fourth-order valence-corrected chi connectivity index (χ4v) is 15.3. The van der Waals surface area contributed by atoms with Crippen molar-refractivity contribution in [2.45, 2.75) is 154 Å². The van der Waals surface area contributed by atoms with Gasteiger partial charge in [-0.2, -0.15) is 0 Å². The Morgan fingerprint density at radius 2 is 0.806 bits per heavy atom. The van der Waals surface area contributed by atoms with Crippen LogP contribution in [0, 0.1) is 64.2 Å². The summed E-state index contributed by atoms with van der Waals surface area (Å²) in [4.78, 5) is 5.59. The second kappa shape index (κ2) is 17.6. The van der Waals surface area contributed by atoms with E-state index in [4.69, 9.17) is 9.72 Å². The summed E-state index contributed by atoms with van der Waals surface area (Å²) in [5.41, 5.74) is 14.4. The Morgan fingerprint density at radius 3 is 1.10 bits per heavy atom. The molecular weight excluding hydrogens is 985 g/mol. The quantitative estimate of drug-likeness (QED) is 0.126. The van der Waals surface area contributed by atoms with Gasteiger partial charge >= 0.3 is 0 Å². The molecular formula is C62H77HfNO3-2. The standard InChI is InChI=1S/C60H71NO3.2CH3.Hf/c1-34-10-12-45(49-22-42(57(3,4)5)24-51(55(49)62)59-28-36-16-37(29-59)18-38(17-36)30-59)47(14-34)53-26-44(64-9)27-54(61-53)48-15-35(2)11-13-46(48)50-23-43(58(6,7)8)25-52(56(50)63)60-31-39-19-40(32-60)21-41(20-39)33-60;;;/h10-15,22-27,36-41,62-63H,16-21,28-33H2,1-9H3;2*1H3;/q;2*-1;. The Hall–Kier alpha value is -3.70. The summed E-state index contributed by atoms with van der Waals surface area (Å²) >= 11 is 0. The van der Waals surface area contributed by atoms with Gasteiger partial charge in [-0.05, 0) is 195 Å². The number of benzene rings is 4. The second-order valence-corrected chi connectivity index (χ2v) is 24.6. The van der Waals surface area contributed by atoms with Crippen molar-refractivity contribution in [3.8, 4) is 62.0 Å². The molecule has 13 rings (SSSR count). The molecule has 1 heterocycles. The predicted octanol–water partition coefficient (Wildman–Crippen LogP) is 16.2. The summed E-state index contributed by atoms with van der Waals surface area (Å²) in [6.07, 6.45) is 15.4. The van der Waals surface area contributed by atoms with Crippen LogP contribution in [-0.2, 0) is 47.5 Å².